The van der Waals surface area contributed by atoms with Gasteiger partial charge in [0.15, 0.2) is 0 Å². The first-order chi connectivity index (χ1) is 14.1. The van der Waals surface area contributed by atoms with Gasteiger partial charge >= 0.3 is 0 Å². The molecule has 0 spiro atoms. The molecule has 1 aliphatic rings. The lowest BCUT2D eigenvalue weighted by molar-refractivity contribution is 0.103. The summed E-state index contributed by atoms with van der Waals surface area (Å²) in [6.45, 7) is 1.99. The minimum absolute atomic E-state index is 0.133. The highest BCUT2D eigenvalue weighted by atomic mass is 32.1. The molecule has 4 heterocycles. The number of hydrogen-bond donors (Lipinski definition) is 1. The first kappa shape index (κ1) is 18.4. The van der Waals surface area contributed by atoms with E-state index in [0.29, 0.717) is 16.6 Å². The Morgan fingerprint density at radius 2 is 2.03 bits per heavy atom. The number of nitrogens with one attached hydrogen (secondary N) is 1. The molecule has 1 aliphatic heterocycles. The summed E-state index contributed by atoms with van der Waals surface area (Å²) >= 11 is 2.59. The number of aromatic nitrogens is 3. The van der Waals surface area contributed by atoms with Crippen LogP contribution in [-0.4, -0.2) is 57.8 Å². The fraction of sp³-hybridized carbons (Fsp3) is 0.300. The summed E-state index contributed by atoms with van der Waals surface area (Å²) in [5.74, 6) is 0.850. The molecule has 1 fully saturated rings. The zero-order valence-corrected chi connectivity index (χ0v) is 17.8. The van der Waals surface area contributed by atoms with Crippen LogP contribution in [0.2, 0.25) is 0 Å². The molecule has 1 aromatic carbocycles. The normalized spacial score (nSPS) is 16.9. The molecule has 1 saturated heterocycles. The number of hydrogen-bond acceptors (Lipinski definition) is 8. The average Bonchev–Trinajstić information content (AvgIpc) is 3.45. The molecule has 1 N–H and O–H groups in total. The maximum atomic E-state index is 12.7. The first-order valence-electron chi connectivity index (χ1n) is 9.42. The van der Waals surface area contributed by atoms with Gasteiger partial charge in [0.25, 0.3) is 5.91 Å². The monoisotopic (exact) mass is 424 g/mol. The molecule has 3 aromatic heterocycles. The highest BCUT2D eigenvalue weighted by Crippen LogP contribution is 2.29. The van der Waals surface area contributed by atoms with Crippen molar-refractivity contribution in [1.82, 2.24) is 18.6 Å². The molecule has 9 heteroatoms. The average molecular weight is 425 g/mol. The number of nitrogens with zero attached hydrogens (tertiary/aromatic N) is 5. The van der Waals surface area contributed by atoms with E-state index in [1.54, 1.807) is 0 Å². The highest BCUT2D eigenvalue weighted by Gasteiger charge is 2.25. The van der Waals surface area contributed by atoms with Gasteiger partial charge in [-0.15, -0.1) is 11.3 Å². The van der Waals surface area contributed by atoms with Gasteiger partial charge in [-0.05, 0) is 56.9 Å². The van der Waals surface area contributed by atoms with Gasteiger partial charge in [0.1, 0.15) is 21.7 Å². The van der Waals surface area contributed by atoms with Crippen LogP contribution in [0.4, 0.5) is 11.5 Å². The number of fused-ring (bicyclic) bond motifs is 2. The van der Waals surface area contributed by atoms with Gasteiger partial charge in [0.05, 0.1) is 16.6 Å². The van der Waals surface area contributed by atoms with E-state index in [4.69, 9.17) is 4.98 Å². The van der Waals surface area contributed by atoms with Crippen LogP contribution in [0.5, 0.6) is 0 Å². The summed E-state index contributed by atoms with van der Waals surface area (Å²) < 4.78 is 8.41. The molecular weight excluding hydrogens is 404 g/mol. The molecule has 1 amide bonds. The number of carbonyl (C=O) groups is 1. The van der Waals surface area contributed by atoms with E-state index >= 15 is 0 Å². The maximum Gasteiger partial charge on any atom is 0.265 e. The van der Waals surface area contributed by atoms with Gasteiger partial charge in [0.2, 0.25) is 0 Å². The van der Waals surface area contributed by atoms with E-state index in [-0.39, 0.29) is 5.91 Å². The molecule has 0 aliphatic carbocycles. The summed E-state index contributed by atoms with van der Waals surface area (Å²) in [5.41, 5.74) is 2.34. The molecule has 1 atom stereocenters. The van der Waals surface area contributed by atoms with E-state index in [9.17, 15) is 4.79 Å². The SMILES string of the molecule is CN(C)C1CCN(c2ccc3cc(C(=O)Nc4ccc5nsnc5c4)sc3n2)C1. The van der Waals surface area contributed by atoms with Crippen molar-refractivity contribution in [3.05, 3.63) is 41.3 Å². The molecule has 148 valence electrons. The van der Waals surface area contributed by atoms with Gasteiger partial charge in [-0.3, -0.25) is 4.79 Å². The predicted octanol–water partition coefficient (Wildman–Crippen LogP) is 3.69. The number of pyridine rings is 1. The second-order valence-electron chi connectivity index (χ2n) is 7.45. The van der Waals surface area contributed by atoms with Crippen LogP contribution in [0, 0.1) is 0 Å². The molecule has 0 radical (unpaired) electrons. The van der Waals surface area contributed by atoms with Gasteiger partial charge < -0.3 is 15.1 Å². The lowest BCUT2D eigenvalue weighted by Crippen LogP contribution is -2.31. The van der Waals surface area contributed by atoms with E-state index < -0.39 is 0 Å². The van der Waals surface area contributed by atoms with Crippen LogP contribution < -0.4 is 10.2 Å². The van der Waals surface area contributed by atoms with Crippen molar-refractivity contribution in [3.63, 3.8) is 0 Å². The molecule has 5 rings (SSSR count). The molecule has 4 aromatic rings. The van der Waals surface area contributed by atoms with Gasteiger partial charge in [-0.1, -0.05) is 0 Å². The maximum absolute atomic E-state index is 12.7. The molecule has 0 saturated carbocycles. The number of anilines is 2. The van der Waals surface area contributed by atoms with Crippen LogP contribution in [0.3, 0.4) is 0 Å². The second-order valence-corrected chi connectivity index (χ2v) is 9.01. The standard InChI is InChI=1S/C20H20N6OS2/c1-25(2)14-7-8-26(11-14)18-6-3-12-9-17(28-20(12)22-18)19(27)21-13-4-5-15-16(10-13)24-29-23-15/h3-6,9-10,14H,7-8,11H2,1-2H3,(H,21,27). The largest absolute Gasteiger partial charge is 0.355 e. The summed E-state index contributed by atoms with van der Waals surface area (Å²) in [7, 11) is 4.25. The van der Waals surface area contributed by atoms with Crippen molar-refractivity contribution < 1.29 is 4.79 Å². The van der Waals surface area contributed by atoms with Crippen LogP contribution >= 0.6 is 23.1 Å². The summed E-state index contributed by atoms with van der Waals surface area (Å²) in [5, 5.41) is 3.95. The second kappa shape index (κ2) is 7.33. The lowest BCUT2D eigenvalue weighted by atomic mass is 10.2. The summed E-state index contributed by atoms with van der Waals surface area (Å²) in [4.78, 5) is 23.7. The van der Waals surface area contributed by atoms with Crippen molar-refractivity contribution in [2.75, 3.05) is 37.4 Å². The van der Waals surface area contributed by atoms with Crippen LogP contribution in [0.15, 0.2) is 36.4 Å². The fourth-order valence-electron chi connectivity index (χ4n) is 3.62. The van der Waals surface area contributed by atoms with Crippen LogP contribution in [0.1, 0.15) is 16.1 Å². The van der Waals surface area contributed by atoms with Gasteiger partial charge in [-0.2, -0.15) is 8.75 Å². The molecule has 0 bridgehead atoms. The Morgan fingerprint density at radius 3 is 2.86 bits per heavy atom. The Hall–Kier alpha value is -2.62. The Kier molecular flexibility index (Phi) is 4.65. The first-order valence-corrected chi connectivity index (χ1v) is 11.0. The third kappa shape index (κ3) is 3.57. The number of rotatable bonds is 4. The van der Waals surface area contributed by atoms with Gasteiger partial charge in [-0.25, -0.2) is 4.98 Å². The predicted molar refractivity (Wildman–Crippen MR) is 119 cm³/mol. The molecular formula is C20H20N6OS2. The minimum Gasteiger partial charge on any atom is -0.355 e. The highest BCUT2D eigenvalue weighted by molar-refractivity contribution is 7.20. The zero-order chi connectivity index (χ0) is 20.0. The van der Waals surface area contributed by atoms with Crippen molar-refractivity contribution in [3.8, 4) is 0 Å². The third-order valence-corrected chi connectivity index (χ3v) is 6.92. The van der Waals surface area contributed by atoms with Crippen LogP contribution in [0.25, 0.3) is 21.3 Å². The third-order valence-electron chi connectivity index (χ3n) is 5.32. The number of carbonyl (C=O) groups excluding carboxylic acids is 1. The summed E-state index contributed by atoms with van der Waals surface area (Å²) in [6, 6.07) is 12.1. The molecule has 7 nitrogen and oxygen atoms in total. The van der Waals surface area contributed by atoms with Gasteiger partial charge in [0, 0.05) is 30.2 Å². The minimum atomic E-state index is -0.133. The fourth-order valence-corrected chi connectivity index (χ4v) is 5.06. The quantitative estimate of drug-likeness (QED) is 0.539. The number of amides is 1. The topological polar surface area (TPSA) is 74.2 Å². The van der Waals surface area contributed by atoms with Crippen molar-refractivity contribution in [1.29, 1.82) is 0 Å². The Balaban J connectivity index is 1.36. The lowest BCUT2D eigenvalue weighted by Gasteiger charge is -2.21. The molecule has 1 unspecified atom stereocenters. The number of thiophene rings is 1. The van der Waals surface area contributed by atoms with Crippen LogP contribution in [-0.2, 0) is 0 Å². The Bertz CT molecular complexity index is 1200. The Morgan fingerprint density at radius 1 is 1.17 bits per heavy atom. The van der Waals surface area contributed by atoms with Crippen molar-refractivity contribution in [2.45, 2.75) is 12.5 Å². The number of likely N-dealkylation sites (N-methyl/N-ethyl adjacent to an activating group) is 1. The van der Waals surface area contributed by atoms with E-state index in [1.807, 2.05) is 24.3 Å². The smallest absolute Gasteiger partial charge is 0.265 e. The van der Waals surface area contributed by atoms with E-state index in [1.165, 1.54) is 23.1 Å². The number of benzene rings is 1. The van der Waals surface area contributed by atoms with E-state index in [0.717, 1.165) is 46.6 Å². The van der Waals surface area contributed by atoms with Crippen molar-refractivity contribution in [2.24, 2.45) is 0 Å². The Labute approximate surface area is 176 Å². The zero-order valence-electron chi connectivity index (χ0n) is 16.1. The molecule has 29 heavy (non-hydrogen) atoms. The van der Waals surface area contributed by atoms with Crippen molar-refractivity contribution >= 4 is 61.7 Å². The summed E-state index contributed by atoms with van der Waals surface area (Å²) in [6.07, 6.45) is 1.14. The van der Waals surface area contributed by atoms with E-state index in [2.05, 4.69) is 50.1 Å².